The van der Waals surface area contributed by atoms with Crippen molar-refractivity contribution in [2.45, 2.75) is 58.8 Å². The van der Waals surface area contributed by atoms with Crippen molar-refractivity contribution in [3.63, 3.8) is 0 Å². The van der Waals surface area contributed by atoms with E-state index >= 15 is 0 Å². The first kappa shape index (κ1) is 16.5. The summed E-state index contributed by atoms with van der Waals surface area (Å²) in [4.78, 5) is 0. The highest BCUT2D eigenvalue weighted by atomic mass is 16.5. The number of aliphatic hydroxyl groups is 1. The van der Waals surface area contributed by atoms with Gasteiger partial charge in [0.05, 0.1) is 12.7 Å². The first-order valence-electron chi connectivity index (χ1n) is 7.98. The third-order valence-electron chi connectivity index (χ3n) is 4.44. The maximum absolute atomic E-state index is 10.3. The maximum Gasteiger partial charge on any atom is 0.102 e. The molecule has 1 fully saturated rings. The van der Waals surface area contributed by atoms with Gasteiger partial charge in [0.1, 0.15) is 6.10 Å². The fourth-order valence-electron chi connectivity index (χ4n) is 3.58. The van der Waals surface area contributed by atoms with Gasteiger partial charge in [-0.2, -0.15) is 0 Å². The molecule has 3 heteroatoms. The number of hydrogen-bond donors (Lipinski definition) is 2. The third-order valence-corrected chi connectivity index (χ3v) is 4.44. The minimum absolute atomic E-state index is 0.265. The molecule has 1 aliphatic rings. The smallest absolute Gasteiger partial charge is 0.102 e. The van der Waals surface area contributed by atoms with Crippen molar-refractivity contribution in [3.8, 4) is 0 Å². The number of rotatable bonds is 5. The molecule has 1 saturated carbocycles. The maximum atomic E-state index is 10.3. The highest BCUT2D eigenvalue weighted by Crippen LogP contribution is 2.39. The van der Waals surface area contributed by atoms with E-state index < -0.39 is 6.10 Å². The lowest BCUT2D eigenvalue weighted by molar-refractivity contribution is -0.0564. The Hall–Kier alpha value is -0.900. The number of benzene rings is 1. The molecule has 3 N–H and O–H groups in total. The van der Waals surface area contributed by atoms with Crippen LogP contribution in [0.4, 0.5) is 0 Å². The predicted molar refractivity (Wildman–Crippen MR) is 85.8 cm³/mol. The molecule has 1 aromatic carbocycles. The summed E-state index contributed by atoms with van der Waals surface area (Å²) in [7, 11) is 0. The molecule has 1 aromatic rings. The van der Waals surface area contributed by atoms with Crippen molar-refractivity contribution in [1.82, 2.24) is 0 Å². The van der Waals surface area contributed by atoms with Gasteiger partial charge in [-0.1, -0.05) is 45.0 Å². The molecule has 2 rings (SSSR count). The van der Waals surface area contributed by atoms with Gasteiger partial charge >= 0.3 is 0 Å². The number of hydrogen-bond acceptors (Lipinski definition) is 3. The molecule has 21 heavy (non-hydrogen) atoms. The SMILES string of the molecule is CC1CC(OCC(O)c2ccc(CN)cc2)CC(C)(C)C1. The summed E-state index contributed by atoms with van der Waals surface area (Å²) in [6.07, 6.45) is 3.15. The summed E-state index contributed by atoms with van der Waals surface area (Å²) in [5.74, 6) is 0.694. The molecule has 0 aliphatic heterocycles. The molecular formula is C18H29NO2. The fraction of sp³-hybridized carbons (Fsp3) is 0.667. The Bertz CT molecular complexity index is 441. The lowest BCUT2D eigenvalue weighted by Crippen LogP contribution is -2.33. The van der Waals surface area contributed by atoms with Crippen molar-refractivity contribution >= 4 is 0 Å². The van der Waals surface area contributed by atoms with Crippen LogP contribution in [-0.2, 0) is 11.3 Å². The van der Waals surface area contributed by atoms with E-state index in [1.807, 2.05) is 24.3 Å². The van der Waals surface area contributed by atoms with Crippen molar-refractivity contribution in [1.29, 1.82) is 0 Å². The zero-order valence-electron chi connectivity index (χ0n) is 13.5. The topological polar surface area (TPSA) is 55.5 Å². The summed E-state index contributed by atoms with van der Waals surface area (Å²) in [5, 5.41) is 10.3. The van der Waals surface area contributed by atoms with Crippen molar-refractivity contribution in [2.24, 2.45) is 17.1 Å². The third kappa shape index (κ3) is 4.80. The van der Waals surface area contributed by atoms with E-state index in [0.29, 0.717) is 24.5 Å². The van der Waals surface area contributed by atoms with Crippen LogP contribution in [0.25, 0.3) is 0 Å². The summed E-state index contributed by atoms with van der Waals surface area (Å²) < 4.78 is 5.99. The molecule has 1 aliphatic carbocycles. The number of aliphatic hydroxyl groups excluding tert-OH is 1. The van der Waals surface area contributed by atoms with Crippen molar-refractivity contribution in [3.05, 3.63) is 35.4 Å². The largest absolute Gasteiger partial charge is 0.386 e. The highest BCUT2D eigenvalue weighted by Gasteiger charge is 2.32. The first-order chi connectivity index (χ1) is 9.89. The number of ether oxygens (including phenoxy) is 1. The van der Waals surface area contributed by atoms with E-state index in [9.17, 15) is 5.11 Å². The average molecular weight is 291 g/mol. The standard InChI is InChI=1S/C18H29NO2/c1-13-8-16(10-18(2,3)9-13)21-12-17(20)15-6-4-14(11-19)5-7-15/h4-7,13,16-17,20H,8-12,19H2,1-3H3. The molecule has 0 aromatic heterocycles. The quantitative estimate of drug-likeness (QED) is 0.874. The van der Waals surface area contributed by atoms with Gasteiger partial charge < -0.3 is 15.6 Å². The van der Waals surface area contributed by atoms with Gasteiger partial charge in [0.25, 0.3) is 0 Å². The predicted octanol–water partition coefficient (Wildman–Crippen LogP) is 3.41. The van der Waals surface area contributed by atoms with Crippen LogP contribution in [0, 0.1) is 11.3 Å². The summed E-state index contributed by atoms with van der Waals surface area (Å²) in [6, 6.07) is 7.79. The molecule has 0 amide bonds. The fourth-order valence-corrected chi connectivity index (χ4v) is 3.58. The molecule has 0 saturated heterocycles. The van der Waals surface area contributed by atoms with Gasteiger partial charge in [-0.25, -0.2) is 0 Å². The second-order valence-corrected chi connectivity index (χ2v) is 7.33. The Labute approximate surface area is 128 Å². The van der Waals surface area contributed by atoms with E-state index in [1.54, 1.807) is 0 Å². The normalized spacial score (nSPS) is 26.5. The molecule has 0 bridgehead atoms. The Morgan fingerprint density at radius 2 is 1.95 bits per heavy atom. The van der Waals surface area contributed by atoms with Crippen LogP contribution in [0.5, 0.6) is 0 Å². The van der Waals surface area contributed by atoms with Crippen LogP contribution in [0.2, 0.25) is 0 Å². The van der Waals surface area contributed by atoms with E-state index in [1.165, 1.54) is 6.42 Å². The lowest BCUT2D eigenvalue weighted by Gasteiger charge is -2.39. The Morgan fingerprint density at radius 1 is 1.29 bits per heavy atom. The van der Waals surface area contributed by atoms with Crippen LogP contribution in [0.1, 0.15) is 57.3 Å². The molecule has 3 nitrogen and oxygen atoms in total. The Balaban J connectivity index is 1.86. The van der Waals surface area contributed by atoms with E-state index in [0.717, 1.165) is 24.0 Å². The zero-order chi connectivity index (χ0) is 15.5. The molecule has 0 heterocycles. The van der Waals surface area contributed by atoms with Crippen molar-refractivity contribution in [2.75, 3.05) is 6.61 Å². The van der Waals surface area contributed by atoms with E-state index in [-0.39, 0.29) is 6.10 Å². The first-order valence-corrected chi connectivity index (χ1v) is 7.98. The molecule has 0 radical (unpaired) electrons. The van der Waals surface area contributed by atoms with Gasteiger partial charge in [0.2, 0.25) is 0 Å². The van der Waals surface area contributed by atoms with Gasteiger partial charge in [0, 0.05) is 6.54 Å². The molecule has 3 atom stereocenters. The second kappa shape index (κ2) is 6.91. The zero-order valence-corrected chi connectivity index (χ0v) is 13.5. The van der Waals surface area contributed by atoms with Crippen LogP contribution in [-0.4, -0.2) is 17.8 Å². The number of nitrogens with two attached hydrogens (primary N) is 1. The van der Waals surface area contributed by atoms with E-state index in [4.69, 9.17) is 10.5 Å². The van der Waals surface area contributed by atoms with Gasteiger partial charge in [-0.3, -0.25) is 0 Å². The summed E-state index contributed by atoms with van der Waals surface area (Å²) in [6.45, 7) is 7.80. The highest BCUT2D eigenvalue weighted by molar-refractivity contribution is 5.24. The molecule has 118 valence electrons. The van der Waals surface area contributed by atoms with Gasteiger partial charge in [-0.05, 0) is 41.7 Å². The second-order valence-electron chi connectivity index (χ2n) is 7.33. The lowest BCUT2D eigenvalue weighted by atomic mass is 9.71. The van der Waals surface area contributed by atoms with Crippen LogP contribution in [0.3, 0.4) is 0 Å². The monoisotopic (exact) mass is 291 g/mol. The van der Waals surface area contributed by atoms with Crippen LogP contribution < -0.4 is 5.73 Å². The minimum Gasteiger partial charge on any atom is -0.386 e. The summed E-state index contributed by atoms with van der Waals surface area (Å²) in [5.41, 5.74) is 7.90. The van der Waals surface area contributed by atoms with Gasteiger partial charge in [0.15, 0.2) is 0 Å². The van der Waals surface area contributed by atoms with Crippen molar-refractivity contribution < 1.29 is 9.84 Å². The van der Waals surface area contributed by atoms with E-state index in [2.05, 4.69) is 20.8 Å². The van der Waals surface area contributed by atoms with Gasteiger partial charge in [-0.15, -0.1) is 0 Å². The Morgan fingerprint density at radius 3 is 2.52 bits per heavy atom. The minimum atomic E-state index is -0.558. The molecule has 0 spiro atoms. The molecular weight excluding hydrogens is 262 g/mol. The Kier molecular flexibility index (Phi) is 5.42. The van der Waals surface area contributed by atoms with Crippen LogP contribution in [0.15, 0.2) is 24.3 Å². The van der Waals surface area contributed by atoms with Crippen LogP contribution >= 0.6 is 0 Å². The average Bonchev–Trinajstić information content (AvgIpc) is 2.43. The summed E-state index contributed by atoms with van der Waals surface area (Å²) >= 11 is 0. The molecule has 3 unspecified atom stereocenters.